The van der Waals surface area contributed by atoms with Crippen molar-refractivity contribution in [1.82, 2.24) is 15.3 Å². The van der Waals surface area contributed by atoms with Crippen LogP contribution in [0.15, 0.2) is 12.4 Å². The topological polar surface area (TPSA) is 41.1 Å². The maximum Gasteiger partial charge on any atom is 0.225 e. The highest BCUT2D eigenvalue weighted by Gasteiger charge is 2.11. The van der Waals surface area contributed by atoms with Crippen LogP contribution in [0.25, 0.3) is 0 Å². The Labute approximate surface area is 116 Å². The van der Waals surface area contributed by atoms with Gasteiger partial charge >= 0.3 is 0 Å². The molecule has 19 heavy (non-hydrogen) atoms. The lowest BCUT2D eigenvalue weighted by molar-refractivity contribution is 0.551. The number of aromatic nitrogens is 2. The Bertz CT molecular complexity index is 353. The third-order valence-electron chi connectivity index (χ3n) is 3.46. The van der Waals surface area contributed by atoms with E-state index in [1.54, 1.807) is 0 Å². The van der Waals surface area contributed by atoms with E-state index < -0.39 is 0 Å². The minimum atomic E-state index is 0.678. The molecule has 0 aliphatic carbocycles. The second-order valence-electron chi connectivity index (χ2n) is 5.82. The fraction of sp³-hybridized carbons (Fsp3) is 0.733. The SMILES string of the molecule is CC(C)CNCc1cnc(N2CCCCCC2)nc1. The van der Waals surface area contributed by atoms with E-state index in [2.05, 4.69) is 34.0 Å². The molecule has 1 aromatic heterocycles. The molecule has 0 amide bonds. The number of nitrogens with zero attached hydrogens (tertiary/aromatic N) is 3. The molecular formula is C15H26N4. The van der Waals surface area contributed by atoms with Crippen molar-refractivity contribution in [1.29, 1.82) is 0 Å². The monoisotopic (exact) mass is 262 g/mol. The van der Waals surface area contributed by atoms with Crippen LogP contribution in [0.3, 0.4) is 0 Å². The van der Waals surface area contributed by atoms with E-state index in [1.807, 2.05) is 12.4 Å². The highest BCUT2D eigenvalue weighted by atomic mass is 15.2. The van der Waals surface area contributed by atoms with Crippen molar-refractivity contribution >= 4 is 5.95 Å². The fourth-order valence-corrected chi connectivity index (χ4v) is 2.38. The van der Waals surface area contributed by atoms with Crippen molar-refractivity contribution in [3.63, 3.8) is 0 Å². The molecule has 1 aliphatic rings. The summed E-state index contributed by atoms with van der Waals surface area (Å²) in [5.41, 5.74) is 1.17. The van der Waals surface area contributed by atoms with Gasteiger partial charge in [0.05, 0.1) is 0 Å². The van der Waals surface area contributed by atoms with E-state index in [-0.39, 0.29) is 0 Å². The van der Waals surface area contributed by atoms with Gasteiger partial charge < -0.3 is 10.2 Å². The third-order valence-corrected chi connectivity index (χ3v) is 3.46. The molecule has 1 fully saturated rings. The summed E-state index contributed by atoms with van der Waals surface area (Å²) >= 11 is 0. The first-order chi connectivity index (χ1) is 9.25. The predicted octanol–water partition coefficient (Wildman–Crippen LogP) is 2.60. The van der Waals surface area contributed by atoms with Crippen molar-refractivity contribution < 1.29 is 0 Å². The van der Waals surface area contributed by atoms with Crippen LogP contribution in [0.2, 0.25) is 0 Å². The summed E-state index contributed by atoms with van der Waals surface area (Å²) in [6.45, 7) is 8.53. The van der Waals surface area contributed by atoms with Crippen LogP contribution in [-0.4, -0.2) is 29.6 Å². The Morgan fingerprint density at radius 2 is 1.74 bits per heavy atom. The predicted molar refractivity (Wildman–Crippen MR) is 79.3 cm³/mol. The zero-order valence-electron chi connectivity index (χ0n) is 12.2. The van der Waals surface area contributed by atoms with Crippen LogP contribution < -0.4 is 10.2 Å². The molecule has 0 radical (unpaired) electrons. The lowest BCUT2D eigenvalue weighted by Crippen LogP contribution is -2.26. The highest BCUT2D eigenvalue weighted by Crippen LogP contribution is 2.15. The average molecular weight is 262 g/mol. The molecule has 0 aromatic carbocycles. The van der Waals surface area contributed by atoms with Gasteiger partial charge in [0.25, 0.3) is 0 Å². The van der Waals surface area contributed by atoms with Gasteiger partial charge in [-0.05, 0) is 25.3 Å². The number of nitrogens with one attached hydrogen (secondary N) is 1. The van der Waals surface area contributed by atoms with Crippen molar-refractivity contribution in [3.05, 3.63) is 18.0 Å². The molecule has 4 heteroatoms. The lowest BCUT2D eigenvalue weighted by atomic mass is 10.2. The standard InChI is InChI=1S/C15H26N4/c1-13(2)9-16-10-14-11-17-15(18-12-14)19-7-5-3-4-6-8-19/h11-13,16H,3-10H2,1-2H3. The smallest absolute Gasteiger partial charge is 0.225 e. The summed E-state index contributed by atoms with van der Waals surface area (Å²) in [5, 5.41) is 3.42. The number of anilines is 1. The number of hydrogen-bond acceptors (Lipinski definition) is 4. The van der Waals surface area contributed by atoms with Gasteiger partial charge in [0.2, 0.25) is 5.95 Å². The van der Waals surface area contributed by atoms with Crippen LogP contribution in [0.4, 0.5) is 5.95 Å². The van der Waals surface area contributed by atoms with E-state index in [0.717, 1.165) is 32.1 Å². The summed E-state index contributed by atoms with van der Waals surface area (Å²) in [4.78, 5) is 11.4. The van der Waals surface area contributed by atoms with Crippen molar-refractivity contribution in [2.75, 3.05) is 24.5 Å². The molecule has 4 nitrogen and oxygen atoms in total. The van der Waals surface area contributed by atoms with Gasteiger partial charge in [0.15, 0.2) is 0 Å². The zero-order valence-corrected chi connectivity index (χ0v) is 12.2. The van der Waals surface area contributed by atoms with E-state index >= 15 is 0 Å². The van der Waals surface area contributed by atoms with Gasteiger partial charge in [-0.15, -0.1) is 0 Å². The average Bonchev–Trinajstić information content (AvgIpc) is 2.68. The quantitative estimate of drug-likeness (QED) is 0.885. The summed E-state index contributed by atoms with van der Waals surface area (Å²) in [5.74, 6) is 1.58. The zero-order chi connectivity index (χ0) is 13.5. The molecule has 0 spiro atoms. The Morgan fingerprint density at radius 3 is 2.32 bits per heavy atom. The fourth-order valence-electron chi connectivity index (χ4n) is 2.38. The van der Waals surface area contributed by atoms with E-state index in [4.69, 9.17) is 0 Å². The largest absolute Gasteiger partial charge is 0.341 e. The molecule has 2 heterocycles. The Hall–Kier alpha value is -1.16. The summed E-state index contributed by atoms with van der Waals surface area (Å²) in [6.07, 6.45) is 9.13. The number of rotatable bonds is 5. The molecule has 1 aliphatic heterocycles. The van der Waals surface area contributed by atoms with E-state index in [0.29, 0.717) is 5.92 Å². The van der Waals surface area contributed by atoms with Crippen molar-refractivity contribution in [3.8, 4) is 0 Å². The maximum atomic E-state index is 4.52. The maximum absolute atomic E-state index is 4.52. The molecule has 1 N–H and O–H groups in total. The Kier molecular flexibility index (Phi) is 5.58. The van der Waals surface area contributed by atoms with Gasteiger partial charge in [-0.25, -0.2) is 9.97 Å². The number of hydrogen-bond donors (Lipinski definition) is 1. The first kappa shape index (κ1) is 14.3. The van der Waals surface area contributed by atoms with Gasteiger partial charge in [-0.2, -0.15) is 0 Å². The highest BCUT2D eigenvalue weighted by molar-refractivity contribution is 5.29. The van der Waals surface area contributed by atoms with Crippen molar-refractivity contribution in [2.45, 2.75) is 46.1 Å². The minimum Gasteiger partial charge on any atom is -0.341 e. The van der Waals surface area contributed by atoms with Gasteiger partial charge in [-0.1, -0.05) is 26.7 Å². The van der Waals surface area contributed by atoms with Crippen LogP contribution in [0.1, 0.15) is 45.1 Å². The minimum absolute atomic E-state index is 0.678. The third kappa shape index (κ3) is 4.78. The molecule has 2 rings (SSSR count). The first-order valence-electron chi connectivity index (χ1n) is 7.52. The van der Waals surface area contributed by atoms with E-state index in [9.17, 15) is 0 Å². The molecule has 0 atom stereocenters. The second-order valence-corrected chi connectivity index (χ2v) is 5.82. The Morgan fingerprint density at radius 1 is 1.11 bits per heavy atom. The van der Waals surface area contributed by atoms with Gasteiger partial charge in [0.1, 0.15) is 0 Å². The second kappa shape index (κ2) is 7.43. The normalized spacial score (nSPS) is 16.7. The van der Waals surface area contributed by atoms with Crippen LogP contribution >= 0.6 is 0 Å². The molecule has 1 aromatic rings. The van der Waals surface area contributed by atoms with Gasteiger partial charge in [-0.3, -0.25) is 0 Å². The molecule has 1 saturated heterocycles. The molecule has 106 valence electrons. The van der Waals surface area contributed by atoms with Gasteiger partial charge in [0, 0.05) is 37.6 Å². The van der Waals surface area contributed by atoms with Crippen molar-refractivity contribution in [2.24, 2.45) is 5.92 Å². The lowest BCUT2D eigenvalue weighted by Gasteiger charge is -2.19. The first-order valence-corrected chi connectivity index (χ1v) is 7.52. The summed E-state index contributed by atoms with van der Waals surface area (Å²) < 4.78 is 0. The van der Waals surface area contributed by atoms with Crippen LogP contribution in [0.5, 0.6) is 0 Å². The molecule has 0 unspecified atom stereocenters. The summed E-state index contributed by atoms with van der Waals surface area (Å²) in [7, 11) is 0. The molecule has 0 saturated carbocycles. The van der Waals surface area contributed by atoms with E-state index in [1.165, 1.54) is 31.2 Å². The molecular weight excluding hydrogens is 236 g/mol. The summed E-state index contributed by atoms with van der Waals surface area (Å²) in [6, 6.07) is 0. The van der Waals surface area contributed by atoms with Crippen LogP contribution in [0, 0.1) is 5.92 Å². The van der Waals surface area contributed by atoms with Crippen LogP contribution in [-0.2, 0) is 6.54 Å². The molecule has 0 bridgehead atoms. The Balaban J connectivity index is 1.86.